The molecule has 2 rings (SSSR count). The van der Waals surface area contributed by atoms with Crippen molar-refractivity contribution in [2.24, 2.45) is 5.92 Å². The monoisotopic (exact) mass is 275 g/mol. The molecule has 1 aromatic rings. The van der Waals surface area contributed by atoms with Gasteiger partial charge in [-0.15, -0.1) is 0 Å². The summed E-state index contributed by atoms with van der Waals surface area (Å²) in [5.74, 6) is -0.729. The van der Waals surface area contributed by atoms with E-state index in [9.17, 15) is 14.7 Å². The quantitative estimate of drug-likeness (QED) is 0.919. The maximum Gasteiger partial charge on any atom is 0.311 e. The molecule has 0 saturated heterocycles. The van der Waals surface area contributed by atoms with Crippen LogP contribution in [0, 0.1) is 5.92 Å². The lowest BCUT2D eigenvalue weighted by Crippen LogP contribution is -2.38. The summed E-state index contributed by atoms with van der Waals surface area (Å²) in [7, 11) is 0. The Morgan fingerprint density at radius 2 is 2.05 bits per heavy atom. The van der Waals surface area contributed by atoms with E-state index >= 15 is 0 Å². The lowest BCUT2D eigenvalue weighted by Gasteiger charge is -2.32. The molecule has 1 aliphatic rings. The maximum absolute atomic E-state index is 12.3. The Balaban J connectivity index is 2.23. The molecule has 1 heterocycles. The molecule has 1 amide bonds. The Hall–Kier alpha value is -1.84. The van der Waals surface area contributed by atoms with E-state index in [0.717, 1.165) is 17.7 Å². The number of para-hydroxylation sites is 1. The van der Waals surface area contributed by atoms with Crippen molar-refractivity contribution in [2.45, 2.75) is 39.0 Å². The number of rotatable bonds is 4. The van der Waals surface area contributed by atoms with Gasteiger partial charge < -0.3 is 10.0 Å². The maximum atomic E-state index is 12.3. The Morgan fingerprint density at radius 3 is 2.70 bits per heavy atom. The van der Waals surface area contributed by atoms with Crippen LogP contribution < -0.4 is 4.90 Å². The highest BCUT2D eigenvalue weighted by Crippen LogP contribution is 2.35. The van der Waals surface area contributed by atoms with E-state index < -0.39 is 11.9 Å². The molecule has 0 bridgehead atoms. The molecule has 1 aromatic carbocycles. The van der Waals surface area contributed by atoms with Crippen LogP contribution in [0.2, 0.25) is 0 Å². The van der Waals surface area contributed by atoms with Crippen molar-refractivity contribution in [1.82, 2.24) is 0 Å². The van der Waals surface area contributed by atoms with Gasteiger partial charge in [0.25, 0.3) is 0 Å². The smallest absolute Gasteiger partial charge is 0.311 e. The first-order valence-electron chi connectivity index (χ1n) is 7.12. The zero-order valence-electron chi connectivity index (χ0n) is 12.0. The van der Waals surface area contributed by atoms with Gasteiger partial charge in [0.05, 0.1) is 5.92 Å². The van der Waals surface area contributed by atoms with Crippen LogP contribution in [0.15, 0.2) is 24.3 Å². The van der Waals surface area contributed by atoms with Gasteiger partial charge in [-0.05, 0) is 30.4 Å². The first-order valence-corrected chi connectivity index (χ1v) is 7.12. The SMILES string of the molecule is CC(C)CCC(=O)N1CCC(C(=O)O)c2ccccc21. The largest absolute Gasteiger partial charge is 0.481 e. The molecule has 0 saturated carbocycles. The third-order valence-electron chi connectivity index (χ3n) is 3.78. The van der Waals surface area contributed by atoms with Crippen LogP contribution >= 0.6 is 0 Å². The average molecular weight is 275 g/mol. The molecular formula is C16H21NO3. The summed E-state index contributed by atoms with van der Waals surface area (Å²) in [6.07, 6.45) is 1.86. The highest BCUT2D eigenvalue weighted by atomic mass is 16.4. The number of aliphatic carboxylic acids is 1. The summed E-state index contributed by atoms with van der Waals surface area (Å²) in [4.78, 5) is 25.4. The number of hydrogen-bond acceptors (Lipinski definition) is 2. The molecule has 1 N–H and O–H groups in total. The van der Waals surface area contributed by atoms with Crippen LogP contribution in [-0.4, -0.2) is 23.5 Å². The van der Waals surface area contributed by atoms with Crippen LogP contribution in [0.3, 0.4) is 0 Å². The lowest BCUT2D eigenvalue weighted by molar-refractivity contribution is -0.139. The van der Waals surface area contributed by atoms with Gasteiger partial charge in [0.1, 0.15) is 0 Å². The van der Waals surface area contributed by atoms with Gasteiger partial charge in [-0.1, -0.05) is 32.0 Å². The summed E-state index contributed by atoms with van der Waals surface area (Å²) in [5.41, 5.74) is 1.52. The fraction of sp³-hybridized carbons (Fsp3) is 0.500. The second-order valence-corrected chi connectivity index (χ2v) is 5.72. The highest BCUT2D eigenvalue weighted by Gasteiger charge is 2.31. The van der Waals surface area contributed by atoms with Crippen molar-refractivity contribution in [1.29, 1.82) is 0 Å². The first-order chi connectivity index (χ1) is 9.50. The van der Waals surface area contributed by atoms with Crippen LogP contribution in [0.4, 0.5) is 5.69 Å². The van der Waals surface area contributed by atoms with Crippen LogP contribution in [0.25, 0.3) is 0 Å². The minimum atomic E-state index is -0.813. The number of hydrogen-bond donors (Lipinski definition) is 1. The van der Waals surface area contributed by atoms with Crippen molar-refractivity contribution in [3.05, 3.63) is 29.8 Å². The summed E-state index contributed by atoms with van der Waals surface area (Å²) in [6.45, 7) is 4.68. The Bertz CT molecular complexity index is 510. The zero-order chi connectivity index (χ0) is 14.7. The van der Waals surface area contributed by atoms with E-state index in [0.29, 0.717) is 25.3 Å². The number of carbonyl (C=O) groups excluding carboxylic acids is 1. The fourth-order valence-corrected chi connectivity index (χ4v) is 2.62. The number of amides is 1. The predicted molar refractivity (Wildman–Crippen MR) is 77.9 cm³/mol. The standard InChI is InChI=1S/C16H21NO3/c1-11(2)7-8-15(18)17-10-9-13(16(19)20)12-5-3-4-6-14(12)17/h3-6,11,13H,7-10H2,1-2H3,(H,19,20). The molecule has 108 valence electrons. The molecule has 4 nitrogen and oxygen atoms in total. The van der Waals surface area contributed by atoms with Gasteiger partial charge in [-0.25, -0.2) is 0 Å². The lowest BCUT2D eigenvalue weighted by atomic mass is 9.89. The molecule has 0 aliphatic carbocycles. The molecule has 0 fully saturated rings. The summed E-state index contributed by atoms with van der Waals surface area (Å²) in [6, 6.07) is 7.34. The molecule has 1 unspecified atom stereocenters. The van der Waals surface area contributed by atoms with Crippen LogP contribution in [0.5, 0.6) is 0 Å². The fourth-order valence-electron chi connectivity index (χ4n) is 2.62. The summed E-state index contributed by atoms with van der Waals surface area (Å²) in [5, 5.41) is 9.28. The number of benzene rings is 1. The minimum absolute atomic E-state index is 0.0926. The van der Waals surface area contributed by atoms with Gasteiger partial charge in [0.2, 0.25) is 5.91 Å². The number of carboxylic acid groups (broad SMARTS) is 1. The van der Waals surface area contributed by atoms with Gasteiger partial charge >= 0.3 is 5.97 Å². The number of anilines is 1. The van der Waals surface area contributed by atoms with Gasteiger partial charge in [-0.3, -0.25) is 9.59 Å². The molecule has 1 aliphatic heterocycles. The van der Waals surface area contributed by atoms with E-state index in [2.05, 4.69) is 13.8 Å². The Kier molecular flexibility index (Phi) is 4.42. The Labute approximate surface area is 119 Å². The number of carbonyl (C=O) groups is 2. The molecule has 1 atom stereocenters. The van der Waals surface area contributed by atoms with Crippen LogP contribution in [-0.2, 0) is 9.59 Å². The summed E-state index contributed by atoms with van der Waals surface area (Å²) < 4.78 is 0. The minimum Gasteiger partial charge on any atom is -0.481 e. The second-order valence-electron chi connectivity index (χ2n) is 5.72. The third kappa shape index (κ3) is 3.00. The van der Waals surface area contributed by atoms with E-state index in [1.165, 1.54) is 0 Å². The number of nitrogens with zero attached hydrogens (tertiary/aromatic N) is 1. The molecular weight excluding hydrogens is 254 g/mol. The molecule has 0 aromatic heterocycles. The van der Waals surface area contributed by atoms with Crippen molar-refractivity contribution in [2.75, 3.05) is 11.4 Å². The average Bonchev–Trinajstić information content (AvgIpc) is 2.43. The molecule has 20 heavy (non-hydrogen) atoms. The molecule has 0 radical (unpaired) electrons. The zero-order valence-corrected chi connectivity index (χ0v) is 12.0. The van der Waals surface area contributed by atoms with E-state index in [-0.39, 0.29) is 5.91 Å². The normalized spacial score (nSPS) is 17.9. The van der Waals surface area contributed by atoms with Gasteiger partial charge in [0, 0.05) is 18.7 Å². The summed E-state index contributed by atoms with van der Waals surface area (Å²) >= 11 is 0. The first kappa shape index (κ1) is 14.6. The predicted octanol–water partition coefficient (Wildman–Crippen LogP) is 3.03. The molecule has 0 spiro atoms. The second kappa shape index (κ2) is 6.07. The van der Waals surface area contributed by atoms with Gasteiger partial charge in [0.15, 0.2) is 0 Å². The van der Waals surface area contributed by atoms with E-state index in [4.69, 9.17) is 0 Å². The molecule has 4 heteroatoms. The van der Waals surface area contributed by atoms with Crippen molar-refractivity contribution >= 4 is 17.6 Å². The highest BCUT2D eigenvalue weighted by molar-refractivity contribution is 5.96. The number of carboxylic acids is 1. The topological polar surface area (TPSA) is 57.6 Å². The van der Waals surface area contributed by atoms with Crippen LogP contribution in [0.1, 0.15) is 44.6 Å². The van der Waals surface area contributed by atoms with Crippen molar-refractivity contribution in [3.63, 3.8) is 0 Å². The van der Waals surface area contributed by atoms with Gasteiger partial charge in [-0.2, -0.15) is 0 Å². The third-order valence-corrected chi connectivity index (χ3v) is 3.78. The van der Waals surface area contributed by atoms with Crippen molar-refractivity contribution < 1.29 is 14.7 Å². The van der Waals surface area contributed by atoms with Crippen molar-refractivity contribution in [3.8, 4) is 0 Å². The number of fused-ring (bicyclic) bond motifs is 1. The van der Waals surface area contributed by atoms with E-state index in [1.807, 2.05) is 24.3 Å². The van der Waals surface area contributed by atoms with E-state index in [1.54, 1.807) is 4.90 Å². The Morgan fingerprint density at radius 1 is 1.35 bits per heavy atom.